The number of hydrogen-bond donors (Lipinski definition) is 2. The van der Waals surface area contributed by atoms with E-state index in [1.807, 2.05) is 74.5 Å². The number of nitrogens with one attached hydrogen (secondary N) is 2. The highest BCUT2D eigenvalue weighted by atomic mass is 32.2. The molecule has 0 aliphatic carbocycles. The highest BCUT2D eigenvalue weighted by Crippen LogP contribution is 2.40. The fraction of sp³-hybridized carbons (Fsp3) is 0.182. The predicted octanol–water partition coefficient (Wildman–Crippen LogP) is 4.77. The minimum absolute atomic E-state index is 0.201. The third-order valence-electron chi connectivity index (χ3n) is 4.35. The van der Waals surface area contributed by atoms with Crippen molar-refractivity contribution in [2.24, 2.45) is 0 Å². The van der Waals surface area contributed by atoms with E-state index in [4.69, 9.17) is 0 Å². The van der Waals surface area contributed by atoms with Gasteiger partial charge in [0.1, 0.15) is 0 Å². The molecule has 1 unspecified atom stereocenters. The van der Waals surface area contributed by atoms with Crippen LogP contribution < -0.4 is 10.6 Å². The van der Waals surface area contributed by atoms with Gasteiger partial charge in [0.2, 0.25) is 0 Å². The zero-order valence-electron chi connectivity index (χ0n) is 15.3. The number of thioether (sulfide) groups is 1. The number of dihydropyridines is 1. The van der Waals surface area contributed by atoms with E-state index >= 15 is 0 Å². The molecule has 1 amide bonds. The summed E-state index contributed by atoms with van der Waals surface area (Å²) in [5, 5.41) is 16.9. The number of nitriles is 1. The average molecular weight is 375 g/mol. The molecule has 1 aliphatic rings. The molecular formula is C22H21N3OS. The van der Waals surface area contributed by atoms with Crippen molar-refractivity contribution in [2.45, 2.75) is 19.8 Å². The van der Waals surface area contributed by atoms with Gasteiger partial charge in [0.25, 0.3) is 5.91 Å². The number of benzene rings is 2. The first-order valence-electron chi connectivity index (χ1n) is 8.82. The van der Waals surface area contributed by atoms with Crippen LogP contribution >= 0.6 is 11.8 Å². The summed E-state index contributed by atoms with van der Waals surface area (Å²) in [6.45, 7) is 3.93. The number of amides is 1. The number of para-hydroxylation sites is 1. The molecule has 1 heterocycles. The summed E-state index contributed by atoms with van der Waals surface area (Å²) in [7, 11) is 0. The highest BCUT2D eigenvalue weighted by molar-refractivity contribution is 8.03. The second kappa shape index (κ2) is 8.61. The van der Waals surface area contributed by atoms with E-state index in [1.54, 1.807) is 11.8 Å². The van der Waals surface area contributed by atoms with Crippen molar-refractivity contribution < 1.29 is 4.79 Å². The van der Waals surface area contributed by atoms with E-state index in [0.29, 0.717) is 11.1 Å². The van der Waals surface area contributed by atoms with Crippen LogP contribution in [0.5, 0.6) is 0 Å². The Kier molecular flexibility index (Phi) is 6.00. The molecule has 0 radical (unpaired) electrons. The maximum atomic E-state index is 13.1. The lowest BCUT2D eigenvalue weighted by molar-refractivity contribution is -0.113. The summed E-state index contributed by atoms with van der Waals surface area (Å²) < 4.78 is 0. The van der Waals surface area contributed by atoms with Gasteiger partial charge in [-0.25, -0.2) is 0 Å². The first kappa shape index (κ1) is 18.8. The van der Waals surface area contributed by atoms with Crippen molar-refractivity contribution in [3.63, 3.8) is 0 Å². The molecule has 0 aromatic heterocycles. The third-order valence-corrected chi connectivity index (χ3v) is 5.24. The van der Waals surface area contributed by atoms with Crippen molar-refractivity contribution in [1.29, 1.82) is 5.26 Å². The SMILES string of the molecule is CCSC1=C(C#N)C(c2ccccc2)C(C(=O)Nc2ccccc2)=C(C)N1. The van der Waals surface area contributed by atoms with Crippen LogP contribution in [-0.4, -0.2) is 11.7 Å². The molecule has 1 atom stereocenters. The fourth-order valence-electron chi connectivity index (χ4n) is 3.17. The normalized spacial score (nSPS) is 16.6. The Bertz CT molecular complexity index is 927. The molecule has 1 aliphatic heterocycles. The maximum Gasteiger partial charge on any atom is 0.254 e. The van der Waals surface area contributed by atoms with E-state index in [1.165, 1.54) is 0 Å². The Morgan fingerprint density at radius 1 is 1.15 bits per heavy atom. The Morgan fingerprint density at radius 3 is 2.37 bits per heavy atom. The molecule has 136 valence electrons. The molecule has 0 saturated heterocycles. The molecule has 0 fully saturated rings. The smallest absolute Gasteiger partial charge is 0.254 e. The molecule has 4 nitrogen and oxygen atoms in total. The van der Waals surface area contributed by atoms with E-state index < -0.39 is 5.92 Å². The maximum absolute atomic E-state index is 13.1. The van der Waals surface area contributed by atoms with Crippen molar-refractivity contribution in [2.75, 3.05) is 11.1 Å². The number of anilines is 1. The number of rotatable bonds is 5. The van der Waals surface area contributed by atoms with Gasteiger partial charge < -0.3 is 10.6 Å². The van der Waals surface area contributed by atoms with Gasteiger partial charge in [0.05, 0.1) is 22.6 Å². The van der Waals surface area contributed by atoms with Gasteiger partial charge in [-0.05, 0) is 30.4 Å². The zero-order valence-corrected chi connectivity index (χ0v) is 16.1. The van der Waals surface area contributed by atoms with Crippen LogP contribution in [0.15, 0.2) is 82.5 Å². The largest absolute Gasteiger partial charge is 0.353 e. The van der Waals surface area contributed by atoms with Crippen LogP contribution in [0.4, 0.5) is 5.69 Å². The van der Waals surface area contributed by atoms with Crippen LogP contribution in [0.1, 0.15) is 25.3 Å². The molecule has 0 saturated carbocycles. The first-order chi connectivity index (χ1) is 13.2. The summed E-state index contributed by atoms with van der Waals surface area (Å²) in [6, 6.07) is 21.4. The second-order valence-corrected chi connectivity index (χ2v) is 7.39. The number of carbonyl (C=O) groups is 1. The van der Waals surface area contributed by atoms with Gasteiger partial charge in [-0.15, -0.1) is 11.8 Å². The van der Waals surface area contributed by atoms with Gasteiger partial charge in [0, 0.05) is 17.0 Å². The van der Waals surface area contributed by atoms with E-state index in [0.717, 1.165) is 27.7 Å². The van der Waals surface area contributed by atoms with Gasteiger partial charge >= 0.3 is 0 Å². The first-order valence-corrected chi connectivity index (χ1v) is 9.80. The monoisotopic (exact) mass is 375 g/mol. The third kappa shape index (κ3) is 4.07. The molecule has 27 heavy (non-hydrogen) atoms. The molecule has 0 bridgehead atoms. The number of allylic oxidation sites excluding steroid dienone is 2. The highest BCUT2D eigenvalue weighted by Gasteiger charge is 2.34. The van der Waals surface area contributed by atoms with Crippen LogP contribution in [0.25, 0.3) is 0 Å². The van der Waals surface area contributed by atoms with Gasteiger partial charge in [-0.1, -0.05) is 55.5 Å². The summed E-state index contributed by atoms with van der Waals surface area (Å²) in [5.74, 6) is 0.247. The fourth-order valence-corrected chi connectivity index (χ4v) is 4.00. The Morgan fingerprint density at radius 2 is 1.78 bits per heavy atom. The summed E-state index contributed by atoms with van der Waals surface area (Å²) in [5.41, 5.74) is 3.58. The van der Waals surface area contributed by atoms with Crippen molar-refractivity contribution >= 4 is 23.4 Å². The molecular weight excluding hydrogens is 354 g/mol. The minimum atomic E-state index is -0.393. The van der Waals surface area contributed by atoms with Crippen LogP contribution in [0.2, 0.25) is 0 Å². The van der Waals surface area contributed by atoms with E-state index in [-0.39, 0.29) is 5.91 Å². The number of carbonyl (C=O) groups excluding carboxylic acids is 1. The summed E-state index contributed by atoms with van der Waals surface area (Å²) >= 11 is 1.58. The minimum Gasteiger partial charge on any atom is -0.353 e. The van der Waals surface area contributed by atoms with Crippen molar-refractivity contribution in [3.05, 3.63) is 88.1 Å². The Labute approximate surface area is 164 Å². The zero-order chi connectivity index (χ0) is 19.2. The van der Waals surface area contributed by atoms with E-state index in [9.17, 15) is 10.1 Å². The lowest BCUT2D eigenvalue weighted by Gasteiger charge is -2.29. The van der Waals surface area contributed by atoms with E-state index in [2.05, 4.69) is 16.7 Å². The van der Waals surface area contributed by atoms with Gasteiger partial charge in [-0.2, -0.15) is 5.26 Å². The predicted molar refractivity (Wildman–Crippen MR) is 111 cm³/mol. The van der Waals surface area contributed by atoms with Crippen molar-refractivity contribution in [1.82, 2.24) is 5.32 Å². The molecule has 2 N–H and O–H groups in total. The second-order valence-electron chi connectivity index (χ2n) is 6.12. The molecule has 5 heteroatoms. The van der Waals surface area contributed by atoms with Crippen molar-refractivity contribution in [3.8, 4) is 6.07 Å². The quantitative estimate of drug-likeness (QED) is 0.790. The molecule has 3 rings (SSSR count). The average Bonchev–Trinajstić information content (AvgIpc) is 2.69. The molecule has 2 aromatic rings. The lowest BCUT2D eigenvalue weighted by Crippen LogP contribution is -2.30. The topological polar surface area (TPSA) is 64.9 Å². The summed E-state index contributed by atoms with van der Waals surface area (Å²) in [4.78, 5) is 13.1. The van der Waals surface area contributed by atoms with Crippen LogP contribution in [0.3, 0.4) is 0 Å². The number of hydrogen-bond acceptors (Lipinski definition) is 4. The Balaban J connectivity index is 2.06. The van der Waals surface area contributed by atoms with Gasteiger partial charge in [-0.3, -0.25) is 4.79 Å². The number of nitrogens with zero attached hydrogens (tertiary/aromatic N) is 1. The lowest BCUT2D eigenvalue weighted by atomic mass is 9.82. The van der Waals surface area contributed by atoms with Crippen LogP contribution in [-0.2, 0) is 4.79 Å². The molecule has 2 aromatic carbocycles. The van der Waals surface area contributed by atoms with Crippen LogP contribution in [0, 0.1) is 11.3 Å². The van der Waals surface area contributed by atoms with Gasteiger partial charge in [0.15, 0.2) is 0 Å². The molecule has 0 spiro atoms. The standard InChI is InChI=1S/C22H21N3OS/c1-3-27-22-18(14-23)20(16-10-6-4-7-11-16)19(15(2)24-22)21(26)25-17-12-8-5-9-13-17/h4-13,20,24H,3H2,1-2H3,(H,25,26). The summed E-state index contributed by atoms with van der Waals surface area (Å²) in [6.07, 6.45) is 0. The Hall–Kier alpha value is -2.97.